The minimum atomic E-state index is -3.87. The number of anilines is 1. The Kier molecular flexibility index (Phi) is 6.03. The summed E-state index contributed by atoms with van der Waals surface area (Å²) in [5.74, 6) is -0.172. The third kappa shape index (κ3) is 4.68. The highest BCUT2D eigenvalue weighted by molar-refractivity contribution is 9.10. The maximum atomic E-state index is 12.8. The molecule has 1 heterocycles. The van der Waals surface area contributed by atoms with Crippen molar-refractivity contribution in [3.63, 3.8) is 0 Å². The molecule has 1 atom stereocenters. The topological polar surface area (TPSA) is 105 Å². The quantitative estimate of drug-likeness (QED) is 0.535. The van der Waals surface area contributed by atoms with Gasteiger partial charge in [0, 0.05) is 16.5 Å². The molecule has 3 aromatic rings. The maximum absolute atomic E-state index is 12.8. The first-order valence-electron chi connectivity index (χ1n) is 9.85. The molecule has 1 aliphatic rings. The molecule has 1 saturated heterocycles. The zero-order valence-electron chi connectivity index (χ0n) is 17.2. The molecule has 0 saturated carbocycles. The van der Waals surface area contributed by atoms with E-state index in [4.69, 9.17) is 5.73 Å². The van der Waals surface area contributed by atoms with Crippen molar-refractivity contribution in [3.05, 3.63) is 94.0 Å². The smallest absolute Gasteiger partial charge is 0.283 e. The molecule has 32 heavy (non-hydrogen) atoms. The fourth-order valence-corrected chi connectivity index (χ4v) is 4.74. The van der Waals surface area contributed by atoms with Gasteiger partial charge in [0.25, 0.3) is 10.0 Å². The molecule has 0 spiro atoms. The van der Waals surface area contributed by atoms with Crippen LogP contribution in [0.25, 0.3) is 0 Å². The molecule has 164 valence electrons. The Morgan fingerprint density at radius 1 is 1.03 bits per heavy atom. The number of rotatable bonds is 5. The van der Waals surface area contributed by atoms with Crippen LogP contribution in [0.2, 0.25) is 0 Å². The second-order valence-corrected chi connectivity index (χ2v) is 10.0. The van der Waals surface area contributed by atoms with Gasteiger partial charge in [-0.2, -0.15) is 8.42 Å². The first kappa shape index (κ1) is 22.0. The zero-order valence-corrected chi connectivity index (χ0v) is 19.6. The number of nitrogens with zero attached hydrogens (tertiary/aromatic N) is 2. The molecule has 1 aliphatic heterocycles. The van der Waals surface area contributed by atoms with E-state index in [2.05, 4.69) is 25.8 Å². The van der Waals surface area contributed by atoms with Gasteiger partial charge in [0.05, 0.1) is 16.6 Å². The number of benzene rings is 3. The molecule has 9 heteroatoms. The minimum absolute atomic E-state index is 0.141. The van der Waals surface area contributed by atoms with Crippen LogP contribution in [0.1, 0.15) is 33.9 Å². The highest BCUT2D eigenvalue weighted by Crippen LogP contribution is 2.34. The molecular weight excluding hydrogens is 492 g/mol. The number of aryl methyl sites for hydroxylation is 1. The van der Waals surface area contributed by atoms with Crippen LogP contribution >= 0.6 is 15.9 Å². The van der Waals surface area contributed by atoms with E-state index in [1.54, 1.807) is 36.4 Å². The average Bonchev–Trinajstić information content (AvgIpc) is 3.17. The van der Waals surface area contributed by atoms with Gasteiger partial charge >= 0.3 is 0 Å². The Balaban J connectivity index is 1.70. The van der Waals surface area contributed by atoms with Crippen molar-refractivity contribution in [1.82, 2.24) is 5.43 Å². The second-order valence-electron chi connectivity index (χ2n) is 7.49. The summed E-state index contributed by atoms with van der Waals surface area (Å²) in [7, 11) is -3.87. The van der Waals surface area contributed by atoms with Crippen LogP contribution in [-0.4, -0.2) is 20.2 Å². The van der Waals surface area contributed by atoms with Gasteiger partial charge in [-0.1, -0.05) is 45.8 Å². The number of amidine groups is 1. The summed E-state index contributed by atoms with van der Waals surface area (Å²) in [5.41, 5.74) is 11.6. The van der Waals surface area contributed by atoms with Gasteiger partial charge in [-0.3, -0.25) is 15.2 Å². The van der Waals surface area contributed by atoms with Gasteiger partial charge in [-0.05, 0) is 61.0 Å². The monoisotopic (exact) mass is 512 g/mol. The van der Waals surface area contributed by atoms with Crippen LogP contribution in [0.3, 0.4) is 0 Å². The predicted octanol–water partition coefficient (Wildman–Crippen LogP) is 4.10. The summed E-state index contributed by atoms with van der Waals surface area (Å²) < 4.78 is 30.7. The van der Waals surface area contributed by atoms with Crippen LogP contribution in [0.5, 0.6) is 0 Å². The first-order valence-corrected chi connectivity index (χ1v) is 12.1. The Bertz CT molecular complexity index is 1270. The lowest BCUT2D eigenvalue weighted by Crippen LogP contribution is -2.35. The van der Waals surface area contributed by atoms with Gasteiger partial charge in [-0.25, -0.2) is 0 Å². The van der Waals surface area contributed by atoms with Gasteiger partial charge < -0.3 is 5.73 Å². The number of nitrogens with one attached hydrogen (secondary N) is 1. The standard InChI is InChI=1S/C23H21BrN4O3S/c1-15-2-12-20(13-3-15)32(30,31)27-22-14-21(16-4-6-17(7-5-16)23(25)29)28(26-22)19-10-8-18(24)9-11-19/h2-13,21H,14H2,1H3,(H2,25,29)(H,26,27). The summed E-state index contributed by atoms with van der Waals surface area (Å²) in [5, 5.41) is 1.87. The maximum Gasteiger partial charge on any atom is 0.283 e. The first-order chi connectivity index (χ1) is 15.2. The van der Waals surface area contributed by atoms with Crippen molar-refractivity contribution >= 4 is 43.4 Å². The van der Waals surface area contributed by atoms with Crippen LogP contribution in [-0.2, 0) is 10.0 Å². The zero-order chi connectivity index (χ0) is 22.9. The van der Waals surface area contributed by atoms with E-state index in [0.29, 0.717) is 17.8 Å². The number of hydrogen-bond donors (Lipinski definition) is 2. The highest BCUT2D eigenvalue weighted by atomic mass is 79.9. The van der Waals surface area contributed by atoms with Gasteiger partial charge in [0.2, 0.25) is 5.91 Å². The lowest BCUT2D eigenvalue weighted by molar-refractivity contribution is 0.1000. The summed E-state index contributed by atoms with van der Waals surface area (Å²) in [6, 6.07) is 21.0. The fraction of sp³-hybridized carbons (Fsp3) is 0.130. The van der Waals surface area contributed by atoms with Crippen molar-refractivity contribution < 1.29 is 13.2 Å². The molecule has 1 amide bonds. The molecule has 3 N–H and O–H groups in total. The van der Waals surface area contributed by atoms with E-state index in [1.807, 2.05) is 48.3 Å². The lowest BCUT2D eigenvalue weighted by Gasteiger charge is -2.26. The lowest BCUT2D eigenvalue weighted by atomic mass is 10.0. The van der Waals surface area contributed by atoms with E-state index in [1.165, 1.54) is 0 Å². The summed E-state index contributed by atoms with van der Waals surface area (Å²) >= 11 is 3.43. The molecule has 3 aromatic carbocycles. The van der Waals surface area contributed by atoms with Crippen LogP contribution in [0.15, 0.2) is 86.6 Å². The van der Waals surface area contributed by atoms with Crippen molar-refractivity contribution in [2.24, 2.45) is 10.1 Å². The van der Waals surface area contributed by atoms with E-state index in [9.17, 15) is 13.2 Å². The van der Waals surface area contributed by atoms with Crippen LogP contribution in [0, 0.1) is 6.92 Å². The summed E-state index contributed by atoms with van der Waals surface area (Å²) in [6.07, 6.45) is 0.344. The molecular formula is C23H21BrN4O3S. The van der Waals surface area contributed by atoms with Gasteiger partial charge in [-0.15, -0.1) is 4.40 Å². The fourth-order valence-electron chi connectivity index (χ4n) is 3.49. The molecule has 4 rings (SSSR count). The van der Waals surface area contributed by atoms with Crippen molar-refractivity contribution in [2.45, 2.75) is 24.3 Å². The molecule has 0 radical (unpaired) electrons. The van der Waals surface area contributed by atoms with Crippen LogP contribution < -0.4 is 16.2 Å². The Labute approximate surface area is 195 Å². The molecule has 0 bridgehead atoms. The molecule has 1 unspecified atom stereocenters. The summed E-state index contributed by atoms with van der Waals surface area (Å²) in [4.78, 5) is 11.6. The Morgan fingerprint density at radius 2 is 1.66 bits per heavy atom. The number of hydrogen-bond acceptors (Lipinski definition) is 4. The normalized spacial score (nSPS) is 17.4. The number of primary amides is 1. The van der Waals surface area contributed by atoms with Crippen molar-refractivity contribution in [2.75, 3.05) is 5.01 Å². The number of carbonyl (C=O) groups is 1. The molecule has 0 aromatic heterocycles. The number of sulfonamides is 1. The average molecular weight is 513 g/mol. The number of carbonyl (C=O) groups excluding carboxylic acids is 1. The van der Waals surface area contributed by atoms with E-state index in [-0.39, 0.29) is 10.9 Å². The summed E-state index contributed by atoms with van der Waals surface area (Å²) in [6.45, 7) is 1.89. The Hall–Kier alpha value is -3.17. The van der Waals surface area contributed by atoms with E-state index >= 15 is 0 Å². The van der Waals surface area contributed by atoms with Crippen molar-refractivity contribution in [1.29, 1.82) is 0 Å². The number of nitrogens with two attached hydrogens (primary N) is 1. The number of amides is 1. The molecule has 1 fully saturated rings. The SMILES string of the molecule is Cc1ccc(S(=O)(=O)/N=C2/CC(c3ccc(C(N)=O)cc3)N(c3ccc(Br)cc3)N2)cc1. The minimum Gasteiger partial charge on any atom is -0.366 e. The van der Waals surface area contributed by atoms with E-state index in [0.717, 1.165) is 21.3 Å². The van der Waals surface area contributed by atoms with E-state index < -0.39 is 15.9 Å². The number of hydrazine groups is 1. The Morgan fingerprint density at radius 3 is 2.25 bits per heavy atom. The third-order valence-corrected chi connectivity index (χ3v) is 7.04. The third-order valence-electron chi connectivity index (χ3n) is 5.18. The van der Waals surface area contributed by atoms with Crippen LogP contribution in [0.4, 0.5) is 5.69 Å². The molecule has 7 nitrogen and oxygen atoms in total. The van der Waals surface area contributed by atoms with Gasteiger partial charge in [0.15, 0.2) is 0 Å². The molecule has 0 aliphatic carbocycles. The second kappa shape index (κ2) is 8.76. The predicted molar refractivity (Wildman–Crippen MR) is 128 cm³/mol. The largest absolute Gasteiger partial charge is 0.366 e. The highest BCUT2D eigenvalue weighted by Gasteiger charge is 2.32. The number of halogens is 1. The van der Waals surface area contributed by atoms with Crippen molar-refractivity contribution in [3.8, 4) is 0 Å². The van der Waals surface area contributed by atoms with Gasteiger partial charge in [0.1, 0.15) is 5.84 Å².